The average Bonchev–Trinajstić information content (AvgIpc) is 2.54. The van der Waals surface area contributed by atoms with E-state index < -0.39 is 11.9 Å². The lowest BCUT2D eigenvalue weighted by atomic mass is 9.96. The first-order valence-electron chi connectivity index (χ1n) is 6.85. The van der Waals surface area contributed by atoms with Gasteiger partial charge in [-0.2, -0.15) is 0 Å². The first-order valence-corrected chi connectivity index (χ1v) is 6.85. The van der Waals surface area contributed by atoms with Crippen molar-refractivity contribution in [2.75, 3.05) is 13.2 Å². The van der Waals surface area contributed by atoms with Crippen molar-refractivity contribution in [2.24, 2.45) is 0 Å². The molecule has 3 rings (SSSR count). The molecule has 0 saturated carbocycles. The molecule has 106 valence electrons. The number of cyclic esters (lactones) is 1. The number of carbonyl (C=O) groups is 2. The van der Waals surface area contributed by atoms with E-state index >= 15 is 0 Å². The summed E-state index contributed by atoms with van der Waals surface area (Å²) in [6, 6.07) is 19.2. The van der Waals surface area contributed by atoms with Crippen LogP contribution in [0.2, 0.25) is 0 Å². The van der Waals surface area contributed by atoms with E-state index in [1.54, 1.807) is 4.90 Å². The lowest BCUT2D eigenvalue weighted by Gasteiger charge is -2.34. The molecule has 21 heavy (non-hydrogen) atoms. The van der Waals surface area contributed by atoms with Gasteiger partial charge in [-0.25, -0.2) is 4.79 Å². The number of morpholine rings is 1. The molecular weight excluding hydrogens is 266 g/mol. The molecule has 0 atom stereocenters. The number of ether oxygens (including phenoxy) is 1. The molecule has 0 spiro atoms. The minimum absolute atomic E-state index is 0.237. The third kappa shape index (κ3) is 2.65. The average molecular weight is 281 g/mol. The molecule has 1 heterocycles. The van der Waals surface area contributed by atoms with Gasteiger partial charge in [0.15, 0.2) is 0 Å². The number of carbonyl (C=O) groups excluding carboxylic acids is 2. The van der Waals surface area contributed by atoms with Crippen molar-refractivity contribution in [1.82, 2.24) is 4.90 Å². The fourth-order valence-electron chi connectivity index (χ4n) is 2.59. The van der Waals surface area contributed by atoms with Crippen LogP contribution in [-0.2, 0) is 14.3 Å². The number of hydrogen-bond acceptors (Lipinski definition) is 3. The largest absolute Gasteiger partial charge is 0.457 e. The molecule has 2 aromatic carbocycles. The van der Waals surface area contributed by atoms with E-state index in [1.165, 1.54) is 0 Å². The van der Waals surface area contributed by atoms with Crippen LogP contribution in [0, 0.1) is 0 Å². The molecule has 0 aliphatic carbocycles. The Morgan fingerprint density at radius 2 is 1.38 bits per heavy atom. The Hall–Kier alpha value is -2.62. The standard InChI is InChI=1S/C17H15NO3/c19-16-17(20)21-12-11-18(16)15(13-7-3-1-4-8-13)14-9-5-2-6-10-14/h1-10,15H,11-12H2. The summed E-state index contributed by atoms with van der Waals surface area (Å²) in [5, 5.41) is 0. The van der Waals surface area contributed by atoms with Gasteiger partial charge in [-0.15, -0.1) is 0 Å². The second kappa shape index (κ2) is 5.79. The number of esters is 1. The maximum absolute atomic E-state index is 12.2. The zero-order valence-electron chi connectivity index (χ0n) is 11.4. The highest BCUT2D eigenvalue weighted by molar-refractivity contribution is 6.32. The predicted octanol–water partition coefficient (Wildman–Crippen LogP) is 2.16. The SMILES string of the molecule is O=C1OCCN(C(c2ccccc2)c2ccccc2)C1=O. The van der Waals surface area contributed by atoms with Crippen molar-refractivity contribution in [1.29, 1.82) is 0 Å². The number of rotatable bonds is 3. The minimum Gasteiger partial charge on any atom is -0.457 e. The molecule has 2 aromatic rings. The van der Waals surface area contributed by atoms with Crippen LogP contribution in [0.5, 0.6) is 0 Å². The topological polar surface area (TPSA) is 46.6 Å². The van der Waals surface area contributed by atoms with Crippen molar-refractivity contribution in [3.8, 4) is 0 Å². The van der Waals surface area contributed by atoms with Crippen molar-refractivity contribution in [3.63, 3.8) is 0 Å². The Balaban J connectivity index is 2.04. The van der Waals surface area contributed by atoms with Crippen LogP contribution in [0.4, 0.5) is 0 Å². The zero-order valence-corrected chi connectivity index (χ0v) is 11.4. The zero-order chi connectivity index (χ0) is 14.7. The first-order chi connectivity index (χ1) is 10.3. The number of amides is 1. The highest BCUT2D eigenvalue weighted by Crippen LogP contribution is 2.29. The molecule has 1 aliphatic heterocycles. The third-order valence-electron chi connectivity index (χ3n) is 3.54. The van der Waals surface area contributed by atoms with E-state index in [4.69, 9.17) is 4.74 Å². The molecule has 0 radical (unpaired) electrons. The second-order valence-electron chi connectivity index (χ2n) is 4.86. The Morgan fingerprint density at radius 1 is 0.857 bits per heavy atom. The van der Waals surface area contributed by atoms with Crippen LogP contribution in [0.1, 0.15) is 17.2 Å². The van der Waals surface area contributed by atoms with Crippen LogP contribution >= 0.6 is 0 Å². The van der Waals surface area contributed by atoms with Crippen LogP contribution in [-0.4, -0.2) is 29.9 Å². The summed E-state index contributed by atoms with van der Waals surface area (Å²) in [5.41, 5.74) is 1.96. The lowest BCUT2D eigenvalue weighted by molar-refractivity contribution is -0.167. The number of hydrogen-bond donors (Lipinski definition) is 0. The summed E-state index contributed by atoms with van der Waals surface area (Å²) in [4.78, 5) is 25.3. The van der Waals surface area contributed by atoms with E-state index in [1.807, 2.05) is 60.7 Å². The highest BCUT2D eigenvalue weighted by atomic mass is 16.5. The summed E-state index contributed by atoms with van der Waals surface area (Å²) < 4.78 is 4.81. The van der Waals surface area contributed by atoms with Gasteiger partial charge >= 0.3 is 11.9 Å². The second-order valence-corrected chi connectivity index (χ2v) is 4.86. The number of nitrogens with zero attached hydrogens (tertiary/aromatic N) is 1. The molecule has 1 saturated heterocycles. The van der Waals surface area contributed by atoms with Crippen molar-refractivity contribution in [3.05, 3.63) is 71.8 Å². The Kier molecular flexibility index (Phi) is 3.69. The van der Waals surface area contributed by atoms with Gasteiger partial charge in [0, 0.05) is 0 Å². The van der Waals surface area contributed by atoms with Crippen LogP contribution in [0.3, 0.4) is 0 Å². The van der Waals surface area contributed by atoms with Gasteiger partial charge in [0.2, 0.25) is 0 Å². The van der Waals surface area contributed by atoms with E-state index in [0.29, 0.717) is 6.54 Å². The fraction of sp³-hybridized carbons (Fsp3) is 0.176. The van der Waals surface area contributed by atoms with E-state index in [9.17, 15) is 9.59 Å². The molecule has 0 unspecified atom stereocenters. The van der Waals surface area contributed by atoms with Gasteiger partial charge in [-0.1, -0.05) is 60.7 Å². The smallest absolute Gasteiger partial charge is 0.397 e. The molecule has 4 heteroatoms. The molecule has 0 N–H and O–H groups in total. The summed E-state index contributed by atoms with van der Waals surface area (Å²) in [6.45, 7) is 0.639. The molecular formula is C17H15NO3. The Morgan fingerprint density at radius 3 is 1.90 bits per heavy atom. The molecule has 0 aromatic heterocycles. The third-order valence-corrected chi connectivity index (χ3v) is 3.54. The summed E-state index contributed by atoms with van der Waals surface area (Å²) in [6.07, 6.45) is 0. The van der Waals surface area contributed by atoms with Crippen molar-refractivity contribution >= 4 is 11.9 Å². The van der Waals surface area contributed by atoms with Gasteiger partial charge in [-0.05, 0) is 11.1 Å². The molecule has 1 aliphatic rings. The summed E-state index contributed by atoms with van der Waals surface area (Å²) in [7, 11) is 0. The minimum atomic E-state index is -0.780. The summed E-state index contributed by atoms with van der Waals surface area (Å²) in [5.74, 6) is -1.36. The Bertz CT molecular complexity index is 600. The van der Waals surface area contributed by atoms with Crippen LogP contribution < -0.4 is 0 Å². The van der Waals surface area contributed by atoms with Gasteiger partial charge in [0.1, 0.15) is 6.61 Å². The molecule has 0 bridgehead atoms. The van der Waals surface area contributed by atoms with E-state index in [0.717, 1.165) is 11.1 Å². The quantitative estimate of drug-likeness (QED) is 0.640. The van der Waals surface area contributed by atoms with Crippen molar-refractivity contribution < 1.29 is 14.3 Å². The lowest BCUT2D eigenvalue weighted by Crippen LogP contribution is -2.47. The monoisotopic (exact) mass is 281 g/mol. The Labute approximate surface area is 123 Å². The summed E-state index contributed by atoms with van der Waals surface area (Å²) >= 11 is 0. The van der Waals surface area contributed by atoms with Crippen LogP contribution in [0.15, 0.2) is 60.7 Å². The van der Waals surface area contributed by atoms with Gasteiger partial charge in [-0.3, -0.25) is 4.79 Å². The maximum Gasteiger partial charge on any atom is 0.397 e. The van der Waals surface area contributed by atoms with Crippen LogP contribution in [0.25, 0.3) is 0 Å². The molecule has 1 amide bonds. The van der Waals surface area contributed by atoms with Gasteiger partial charge in [0.05, 0.1) is 12.6 Å². The fourth-order valence-corrected chi connectivity index (χ4v) is 2.59. The van der Waals surface area contributed by atoms with Gasteiger partial charge < -0.3 is 9.64 Å². The highest BCUT2D eigenvalue weighted by Gasteiger charge is 2.34. The molecule has 4 nitrogen and oxygen atoms in total. The van der Waals surface area contributed by atoms with E-state index in [-0.39, 0.29) is 12.6 Å². The number of benzene rings is 2. The first kappa shape index (κ1) is 13.4. The van der Waals surface area contributed by atoms with Crippen molar-refractivity contribution in [2.45, 2.75) is 6.04 Å². The van der Waals surface area contributed by atoms with Gasteiger partial charge in [0.25, 0.3) is 0 Å². The molecule has 1 fully saturated rings. The maximum atomic E-state index is 12.2. The normalized spacial score (nSPS) is 15.2. The van der Waals surface area contributed by atoms with E-state index in [2.05, 4.69) is 0 Å². The predicted molar refractivity (Wildman–Crippen MR) is 77.4 cm³/mol.